The number of unbranched alkanes of at least 4 members (excludes halogenated alkanes) is 1. The number of thioether (sulfide) groups is 1. The largest absolute Gasteiger partial charge is 0.394 e. The highest BCUT2D eigenvalue weighted by molar-refractivity contribution is 8.02. The van der Waals surface area contributed by atoms with Gasteiger partial charge >= 0.3 is 0 Å². The van der Waals surface area contributed by atoms with Gasteiger partial charge in [0.05, 0.1) is 29.2 Å². The van der Waals surface area contributed by atoms with E-state index in [1.807, 2.05) is 47.1 Å². The number of carbonyl (C=O) groups excluding carboxylic acids is 3. The molecule has 3 saturated heterocycles. The summed E-state index contributed by atoms with van der Waals surface area (Å²) < 4.78 is -0.680. The zero-order valence-electron chi connectivity index (χ0n) is 24.0. The highest BCUT2D eigenvalue weighted by atomic mass is 32.2. The molecule has 4 rings (SSSR count). The zero-order chi connectivity index (χ0) is 28.9. The molecule has 6 atom stereocenters. The third kappa shape index (κ3) is 5.49. The normalized spacial score (nSPS) is 27.4. The van der Waals surface area contributed by atoms with E-state index in [-0.39, 0.29) is 29.6 Å². The van der Waals surface area contributed by atoms with Crippen LogP contribution in [-0.4, -0.2) is 92.4 Å². The number of nitrogens with zero attached hydrogens (tertiary/aromatic N) is 3. The molecular weight excluding hydrogens is 522 g/mol. The lowest BCUT2D eigenvalue weighted by Gasteiger charge is -2.39. The summed E-state index contributed by atoms with van der Waals surface area (Å²) in [4.78, 5) is 48.4. The molecule has 3 heterocycles. The number of amides is 3. The summed E-state index contributed by atoms with van der Waals surface area (Å²) in [7, 11) is 0. The lowest BCUT2D eigenvalue weighted by molar-refractivity contribution is -0.147. The van der Waals surface area contributed by atoms with Crippen LogP contribution in [0, 0.1) is 11.8 Å². The maximum atomic E-state index is 14.5. The summed E-state index contributed by atoms with van der Waals surface area (Å²) in [6.07, 6.45) is 8.05. The second-order valence-corrected chi connectivity index (χ2v) is 12.9. The first-order valence-corrected chi connectivity index (χ1v) is 15.7. The van der Waals surface area contributed by atoms with Crippen LogP contribution in [0.2, 0.25) is 0 Å². The van der Waals surface area contributed by atoms with E-state index in [9.17, 15) is 19.5 Å². The molecule has 1 aromatic rings. The molecule has 7 nitrogen and oxygen atoms in total. The van der Waals surface area contributed by atoms with Crippen LogP contribution in [0.15, 0.2) is 55.6 Å². The third-order valence-corrected chi connectivity index (χ3v) is 10.7. The first kappa shape index (κ1) is 30.4. The highest BCUT2D eigenvalue weighted by Gasteiger charge is 2.74. The Kier molecular flexibility index (Phi) is 10.2. The Bertz CT molecular complexity index is 1080. The average Bonchev–Trinajstić information content (AvgIpc) is 3.61. The summed E-state index contributed by atoms with van der Waals surface area (Å²) in [6, 6.07) is 8.49. The monoisotopic (exact) mass is 567 g/mol. The van der Waals surface area contributed by atoms with Crippen molar-refractivity contribution in [1.82, 2.24) is 14.7 Å². The number of rotatable bonds is 15. The smallest absolute Gasteiger partial charge is 0.247 e. The van der Waals surface area contributed by atoms with Gasteiger partial charge in [0.15, 0.2) is 0 Å². The molecule has 3 aliphatic heterocycles. The fourth-order valence-electron chi connectivity index (χ4n) is 7.08. The topological polar surface area (TPSA) is 81.2 Å². The molecule has 3 aliphatic rings. The Hall–Kier alpha value is -2.58. The second kappa shape index (κ2) is 13.4. The van der Waals surface area contributed by atoms with Gasteiger partial charge in [-0.25, -0.2) is 0 Å². The van der Waals surface area contributed by atoms with Gasteiger partial charge in [0.2, 0.25) is 17.7 Å². The fraction of sp³-hybridized carbons (Fsp3) is 0.594. The van der Waals surface area contributed by atoms with Crippen LogP contribution in [-0.2, 0) is 20.8 Å². The Morgan fingerprint density at radius 2 is 1.77 bits per heavy atom. The van der Waals surface area contributed by atoms with Crippen molar-refractivity contribution in [3.63, 3.8) is 0 Å². The first-order chi connectivity index (χ1) is 19.4. The summed E-state index contributed by atoms with van der Waals surface area (Å²) >= 11 is 1.69. The van der Waals surface area contributed by atoms with Gasteiger partial charge in [-0.15, -0.1) is 24.9 Å². The minimum absolute atomic E-state index is 0.00766. The number of hydrogen-bond donors (Lipinski definition) is 1. The zero-order valence-corrected chi connectivity index (χ0v) is 24.9. The Labute approximate surface area is 243 Å². The van der Waals surface area contributed by atoms with Crippen LogP contribution in [0.25, 0.3) is 0 Å². The van der Waals surface area contributed by atoms with E-state index in [0.717, 1.165) is 31.2 Å². The molecule has 218 valence electrons. The van der Waals surface area contributed by atoms with Gasteiger partial charge in [-0.1, -0.05) is 62.8 Å². The summed E-state index contributed by atoms with van der Waals surface area (Å²) in [5.41, 5.74) is 0.994. The van der Waals surface area contributed by atoms with Crippen molar-refractivity contribution in [1.29, 1.82) is 0 Å². The summed E-state index contributed by atoms with van der Waals surface area (Å²) in [5, 5.41) is 10.7. The Morgan fingerprint density at radius 1 is 1.10 bits per heavy atom. The molecule has 1 spiro atoms. The van der Waals surface area contributed by atoms with E-state index in [1.165, 1.54) is 0 Å². The molecule has 3 amide bonds. The van der Waals surface area contributed by atoms with Crippen LogP contribution < -0.4 is 0 Å². The van der Waals surface area contributed by atoms with E-state index >= 15 is 0 Å². The lowest BCUT2D eigenvalue weighted by atomic mass is 9.70. The van der Waals surface area contributed by atoms with Crippen molar-refractivity contribution in [2.24, 2.45) is 11.8 Å². The van der Waals surface area contributed by atoms with Crippen LogP contribution in [0.5, 0.6) is 0 Å². The van der Waals surface area contributed by atoms with Crippen LogP contribution in [0.3, 0.4) is 0 Å². The van der Waals surface area contributed by atoms with Crippen molar-refractivity contribution in [2.45, 2.75) is 74.5 Å². The minimum Gasteiger partial charge on any atom is -0.394 e. The minimum atomic E-state index is -0.727. The Balaban J connectivity index is 1.77. The predicted octanol–water partition coefficient (Wildman–Crippen LogP) is 3.92. The number of hydrogen-bond acceptors (Lipinski definition) is 5. The van der Waals surface area contributed by atoms with Crippen LogP contribution >= 0.6 is 11.8 Å². The second-order valence-electron chi connectivity index (χ2n) is 11.3. The first-order valence-electron chi connectivity index (χ1n) is 14.8. The number of fused-ring (bicyclic) bond motifs is 1. The SMILES string of the molecule is C=CCN(CCCC)C(=O)C1N([C@@H](CO)Cc2ccccc2)C(=O)[C@@H]2[C@@H](C(=O)N(CC=C)CCC)[C@H]3CCC12S3. The van der Waals surface area contributed by atoms with Gasteiger partial charge in [0.1, 0.15) is 6.04 Å². The standard InChI is InChI=1S/C32H45N3O4S/c1-5-9-20-34(19-8-4)31(39)28-32-16-15-25(40-32)26(29(37)33(17-6-2)18-7-3)27(32)30(38)35(28)24(22-36)21-23-13-11-10-12-14-23/h6,8,10-14,24-28,36H,2,4-5,7,9,15-22H2,1,3H3/t24-,25-,26+,27+,28?,32?/m1/s1. The fourth-order valence-corrected chi connectivity index (χ4v) is 9.27. The summed E-state index contributed by atoms with van der Waals surface area (Å²) in [6.45, 7) is 13.6. The lowest BCUT2D eigenvalue weighted by Crippen LogP contribution is -2.58. The Morgan fingerprint density at radius 3 is 2.38 bits per heavy atom. The number of carbonyl (C=O) groups is 3. The number of aliphatic hydroxyl groups is 1. The van der Waals surface area contributed by atoms with Gasteiger partial charge in [0.25, 0.3) is 0 Å². The molecule has 0 aliphatic carbocycles. The van der Waals surface area contributed by atoms with Crippen molar-refractivity contribution >= 4 is 29.5 Å². The van der Waals surface area contributed by atoms with E-state index in [2.05, 4.69) is 20.1 Å². The van der Waals surface area contributed by atoms with Gasteiger partial charge in [-0.3, -0.25) is 14.4 Å². The quantitative estimate of drug-likeness (QED) is 0.325. The van der Waals surface area contributed by atoms with Crippen molar-refractivity contribution in [2.75, 3.05) is 32.8 Å². The van der Waals surface area contributed by atoms with Gasteiger partial charge < -0.3 is 19.8 Å². The van der Waals surface area contributed by atoms with Gasteiger partial charge in [0, 0.05) is 31.4 Å². The van der Waals surface area contributed by atoms with Crippen molar-refractivity contribution in [3.05, 3.63) is 61.2 Å². The van der Waals surface area contributed by atoms with E-state index in [0.29, 0.717) is 39.0 Å². The van der Waals surface area contributed by atoms with E-state index < -0.39 is 28.7 Å². The maximum absolute atomic E-state index is 14.5. The highest BCUT2D eigenvalue weighted by Crippen LogP contribution is 2.67. The molecule has 0 saturated carbocycles. The van der Waals surface area contributed by atoms with Crippen LogP contribution in [0.1, 0.15) is 51.5 Å². The molecule has 3 fully saturated rings. The molecule has 2 bridgehead atoms. The predicted molar refractivity (Wildman–Crippen MR) is 161 cm³/mol. The molecule has 0 aromatic heterocycles. The third-order valence-electron chi connectivity index (χ3n) is 8.77. The number of likely N-dealkylation sites (tertiary alicyclic amines) is 1. The van der Waals surface area contributed by atoms with Crippen molar-refractivity contribution < 1.29 is 19.5 Å². The molecule has 40 heavy (non-hydrogen) atoms. The van der Waals surface area contributed by atoms with E-state index in [4.69, 9.17) is 0 Å². The summed E-state index contributed by atoms with van der Waals surface area (Å²) in [5.74, 6) is -1.32. The molecular formula is C32H45N3O4S. The average molecular weight is 568 g/mol. The number of benzene rings is 1. The van der Waals surface area contributed by atoms with Gasteiger partial charge in [-0.2, -0.15) is 0 Å². The van der Waals surface area contributed by atoms with Gasteiger partial charge in [-0.05, 0) is 37.7 Å². The van der Waals surface area contributed by atoms with Crippen LogP contribution in [0.4, 0.5) is 0 Å². The molecule has 8 heteroatoms. The van der Waals surface area contributed by atoms with E-state index in [1.54, 1.807) is 28.8 Å². The molecule has 1 N–H and O–H groups in total. The van der Waals surface area contributed by atoms with Crippen molar-refractivity contribution in [3.8, 4) is 0 Å². The molecule has 2 unspecified atom stereocenters. The number of aliphatic hydroxyl groups excluding tert-OH is 1. The molecule has 0 radical (unpaired) electrons. The maximum Gasteiger partial charge on any atom is 0.247 e. The molecule has 1 aromatic carbocycles.